The summed E-state index contributed by atoms with van der Waals surface area (Å²) in [6.07, 6.45) is 1.55. The average molecular weight is 192 g/mol. The monoisotopic (exact) mass is 192 g/mol. The Labute approximate surface area is 84.6 Å². The Bertz CT molecular complexity index is 335. The topological polar surface area (TPSA) is 37.3 Å². The van der Waals surface area contributed by atoms with E-state index in [1.807, 2.05) is 6.07 Å². The van der Waals surface area contributed by atoms with Gasteiger partial charge in [0.2, 0.25) is 0 Å². The maximum Gasteiger partial charge on any atom is 0.153 e. The molecule has 76 valence electrons. The van der Waals surface area contributed by atoms with E-state index in [9.17, 15) is 9.90 Å². The molecular weight excluding hydrogens is 176 g/mol. The summed E-state index contributed by atoms with van der Waals surface area (Å²) < 4.78 is 0. The van der Waals surface area contributed by atoms with Gasteiger partial charge in [0.15, 0.2) is 6.29 Å². The summed E-state index contributed by atoms with van der Waals surface area (Å²) in [4.78, 5) is 10.5. The fourth-order valence-electron chi connectivity index (χ4n) is 1.41. The zero-order chi connectivity index (χ0) is 10.8. The Morgan fingerprint density at radius 1 is 1.36 bits per heavy atom. The summed E-state index contributed by atoms with van der Waals surface area (Å²) in [5, 5.41) is 9.46. The zero-order valence-electron chi connectivity index (χ0n) is 8.87. The van der Waals surface area contributed by atoms with Crippen molar-refractivity contribution in [2.24, 2.45) is 5.41 Å². The summed E-state index contributed by atoms with van der Waals surface area (Å²) in [5.41, 5.74) is 1.60. The molecule has 0 spiro atoms. The number of rotatable bonds is 2. The maximum atomic E-state index is 10.5. The Morgan fingerprint density at radius 3 is 2.43 bits per heavy atom. The van der Waals surface area contributed by atoms with Crippen LogP contribution in [0.4, 0.5) is 0 Å². The van der Waals surface area contributed by atoms with Gasteiger partial charge in [0.25, 0.3) is 0 Å². The number of hydrogen-bond donors (Lipinski definition) is 1. The van der Waals surface area contributed by atoms with Gasteiger partial charge in [-0.05, 0) is 29.5 Å². The normalized spacial score (nSPS) is 11.4. The van der Waals surface area contributed by atoms with Crippen molar-refractivity contribution in [3.05, 3.63) is 29.3 Å². The largest absolute Gasteiger partial charge is 0.507 e. The van der Waals surface area contributed by atoms with Crippen molar-refractivity contribution in [1.82, 2.24) is 0 Å². The van der Waals surface area contributed by atoms with Crippen molar-refractivity contribution < 1.29 is 9.90 Å². The van der Waals surface area contributed by atoms with Gasteiger partial charge in [-0.15, -0.1) is 0 Å². The second-order valence-corrected chi connectivity index (χ2v) is 4.75. The fraction of sp³-hybridized carbons (Fsp3) is 0.417. The molecule has 0 amide bonds. The van der Waals surface area contributed by atoms with Crippen LogP contribution in [0.5, 0.6) is 5.75 Å². The number of carbonyl (C=O) groups is 1. The van der Waals surface area contributed by atoms with Crippen LogP contribution in [0.25, 0.3) is 0 Å². The van der Waals surface area contributed by atoms with Crippen molar-refractivity contribution >= 4 is 6.29 Å². The highest BCUT2D eigenvalue weighted by molar-refractivity contribution is 5.79. The SMILES string of the molecule is CC(C)(C)Cc1ccc(C=O)c(O)c1. The average Bonchev–Trinajstić information content (AvgIpc) is 2.01. The molecule has 2 heteroatoms. The highest BCUT2D eigenvalue weighted by Gasteiger charge is 2.12. The van der Waals surface area contributed by atoms with Crippen molar-refractivity contribution in [3.8, 4) is 5.75 Å². The van der Waals surface area contributed by atoms with E-state index < -0.39 is 0 Å². The Hall–Kier alpha value is -1.31. The van der Waals surface area contributed by atoms with Crippen LogP contribution in [-0.4, -0.2) is 11.4 Å². The van der Waals surface area contributed by atoms with E-state index in [0.29, 0.717) is 11.8 Å². The molecule has 1 aromatic carbocycles. The van der Waals surface area contributed by atoms with Crippen LogP contribution in [0.1, 0.15) is 36.7 Å². The first-order chi connectivity index (χ1) is 6.42. The van der Waals surface area contributed by atoms with E-state index in [2.05, 4.69) is 20.8 Å². The standard InChI is InChI=1S/C12H16O2/c1-12(2,3)7-9-4-5-10(8-13)11(14)6-9/h4-6,8,14H,7H2,1-3H3. The summed E-state index contributed by atoms with van der Waals surface area (Å²) in [5.74, 6) is 0.0711. The fourth-order valence-corrected chi connectivity index (χ4v) is 1.41. The van der Waals surface area contributed by atoms with Gasteiger partial charge >= 0.3 is 0 Å². The van der Waals surface area contributed by atoms with E-state index >= 15 is 0 Å². The predicted octanol–water partition coefficient (Wildman–Crippen LogP) is 2.79. The molecular formula is C12H16O2. The molecule has 0 saturated heterocycles. The van der Waals surface area contributed by atoms with E-state index in [1.54, 1.807) is 12.1 Å². The highest BCUT2D eigenvalue weighted by atomic mass is 16.3. The third-order valence-electron chi connectivity index (χ3n) is 1.96. The molecule has 0 heterocycles. The zero-order valence-corrected chi connectivity index (χ0v) is 8.87. The van der Waals surface area contributed by atoms with Crippen molar-refractivity contribution in [3.63, 3.8) is 0 Å². The molecule has 0 atom stereocenters. The van der Waals surface area contributed by atoms with Gasteiger partial charge in [-0.2, -0.15) is 0 Å². The van der Waals surface area contributed by atoms with Gasteiger partial charge < -0.3 is 5.11 Å². The van der Waals surface area contributed by atoms with Gasteiger partial charge in [0.05, 0.1) is 5.56 Å². The number of benzene rings is 1. The van der Waals surface area contributed by atoms with E-state index in [1.165, 1.54) is 0 Å². The van der Waals surface area contributed by atoms with Crippen LogP contribution >= 0.6 is 0 Å². The number of hydrogen-bond acceptors (Lipinski definition) is 2. The second kappa shape index (κ2) is 3.82. The lowest BCUT2D eigenvalue weighted by atomic mass is 9.88. The molecule has 2 nitrogen and oxygen atoms in total. The van der Waals surface area contributed by atoms with Crippen LogP contribution in [0, 0.1) is 5.41 Å². The lowest BCUT2D eigenvalue weighted by Gasteiger charge is -2.18. The highest BCUT2D eigenvalue weighted by Crippen LogP contribution is 2.24. The minimum atomic E-state index is 0.0711. The molecule has 0 aromatic heterocycles. The Kier molecular flexibility index (Phi) is 2.94. The molecule has 0 aliphatic carbocycles. The summed E-state index contributed by atoms with van der Waals surface area (Å²) in [6, 6.07) is 5.20. The molecule has 14 heavy (non-hydrogen) atoms. The smallest absolute Gasteiger partial charge is 0.153 e. The number of phenols is 1. The molecule has 0 aliphatic heterocycles. The van der Waals surface area contributed by atoms with E-state index in [-0.39, 0.29) is 11.2 Å². The number of carbonyl (C=O) groups excluding carboxylic acids is 1. The van der Waals surface area contributed by atoms with Crippen LogP contribution in [0.3, 0.4) is 0 Å². The number of aldehydes is 1. The first kappa shape index (κ1) is 10.8. The molecule has 0 unspecified atom stereocenters. The Morgan fingerprint density at radius 2 is 2.00 bits per heavy atom. The first-order valence-electron chi connectivity index (χ1n) is 4.69. The maximum absolute atomic E-state index is 10.5. The predicted molar refractivity (Wildman–Crippen MR) is 56.7 cm³/mol. The molecule has 1 rings (SSSR count). The summed E-state index contributed by atoms with van der Waals surface area (Å²) in [6.45, 7) is 6.41. The molecule has 0 radical (unpaired) electrons. The second-order valence-electron chi connectivity index (χ2n) is 4.75. The molecule has 0 saturated carbocycles. The van der Waals surface area contributed by atoms with Crippen molar-refractivity contribution in [2.45, 2.75) is 27.2 Å². The van der Waals surface area contributed by atoms with Crippen LogP contribution < -0.4 is 0 Å². The van der Waals surface area contributed by atoms with Crippen LogP contribution in [0.2, 0.25) is 0 Å². The van der Waals surface area contributed by atoms with Crippen LogP contribution in [-0.2, 0) is 6.42 Å². The lowest BCUT2D eigenvalue weighted by Crippen LogP contribution is -2.09. The van der Waals surface area contributed by atoms with Gasteiger partial charge in [0.1, 0.15) is 5.75 Å². The molecule has 0 bridgehead atoms. The third-order valence-corrected chi connectivity index (χ3v) is 1.96. The van der Waals surface area contributed by atoms with E-state index in [4.69, 9.17) is 0 Å². The van der Waals surface area contributed by atoms with Gasteiger partial charge in [-0.1, -0.05) is 26.8 Å². The minimum absolute atomic E-state index is 0.0711. The third kappa shape index (κ3) is 2.87. The minimum Gasteiger partial charge on any atom is -0.507 e. The van der Waals surface area contributed by atoms with Crippen molar-refractivity contribution in [1.29, 1.82) is 0 Å². The first-order valence-corrected chi connectivity index (χ1v) is 4.69. The van der Waals surface area contributed by atoms with Crippen molar-refractivity contribution in [2.75, 3.05) is 0 Å². The van der Waals surface area contributed by atoms with E-state index in [0.717, 1.165) is 12.0 Å². The summed E-state index contributed by atoms with van der Waals surface area (Å²) >= 11 is 0. The lowest BCUT2D eigenvalue weighted by molar-refractivity contribution is 0.112. The molecule has 1 N–H and O–H groups in total. The quantitative estimate of drug-likeness (QED) is 0.731. The molecule has 0 fully saturated rings. The van der Waals surface area contributed by atoms with Gasteiger partial charge in [-0.25, -0.2) is 0 Å². The van der Waals surface area contributed by atoms with Gasteiger partial charge in [-0.3, -0.25) is 4.79 Å². The Balaban J connectivity index is 2.92. The number of aromatic hydroxyl groups is 1. The summed E-state index contributed by atoms with van der Waals surface area (Å²) in [7, 11) is 0. The van der Waals surface area contributed by atoms with Crippen LogP contribution in [0.15, 0.2) is 18.2 Å². The molecule has 1 aromatic rings. The number of phenolic OH excluding ortho intramolecular Hbond substituents is 1. The molecule has 0 aliphatic rings. The van der Waals surface area contributed by atoms with Gasteiger partial charge in [0, 0.05) is 0 Å².